The number of aliphatic hydroxyl groups excluding tert-OH is 1. The van der Waals surface area contributed by atoms with Gasteiger partial charge in [0.15, 0.2) is 6.10 Å². The number of halogens is 1. The predicted octanol–water partition coefficient (Wildman–Crippen LogP) is 1.99. The Kier molecular flexibility index (Phi) is 6.34. The van der Waals surface area contributed by atoms with Crippen molar-refractivity contribution in [1.29, 1.82) is 0 Å². The second kappa shape index (κ2) is 6.95. The summed E-state index contributed by atoms with van der Waals surface area (Å²) < 4.78 is 13.0. The van der Waals surface area contributed by atoms with Crippen molar-refractivity contribution >= 4 is 5.91 Å². The van der Waals surface area contributed by atoms with Crippen molar-refractivity contribution in [2.45, 2.75) is 33.3 Å². The van der Waals surface area contributed by atoms with Gasteiger partial charge in [-0.1, -0.05) is 30.7 Å². The summed E-state index contributed by atoms with van der Waals surface area (Å²) in [5, 5.41) is 9.33. The van der Waals surface area contributed by atoms with Crippen LogP contribution in [0.1, 0.15) is 27.2 Å². The van der Waals surface area contributed by atoms with E-state index in [4.69, 9.17) is 5.73 Å². The van der Waals surface area contributed by atoms with Crippen LogP contribution >= 0.6 is 0 Å². The molecule has 0 fully saturated rings. The van der Waals surface area contributed by atoms with E-state index in [9.17, 15) is 14.3 Å². The number of carbonyl (C=O) groups excluding carboxylic acids is 1. The monoisotopic (exact) mass is 227 g/mol. The molecule has 0 aromatic carbocycles. The van der Waals surface area contributed by atoms with Crippen LogP contribution < -0.4 is 5.73 Å². The highest BCUT2D eigenvalue weighted by Gasteiger charge is 2.17. The van der Waals surface area contributed by atoms with Gasteiger partial charge in [-0.3, -0.25) is 4.79 Å². The molecule has 0 heterocycles. The fraction of sp³-hybridized carbons (Fsp3) is 0.417. The van der Waals surface area contributed by atoms with Crippen LogP contribution in [0.25, 0.3) is 0 Å². The van der Waals surface area contributed by atoms with Crippen LogP contribution in [-0.4, -0.2) is 17.1 Å². The second-order valence-electron chi connectivity index (χ2n) is 3.52. The number of rotatable bonds is 5. The molecule has 4 heteroatoms. The minimum absolute atomic E-state index is 0.104. The summed E-state index contributed by atoms with van der Waals surface area (Å²) >= 11 is 0. The molecule has 3 nitrogen and oxygen atoms in total. The lowest BCUT2D eigenvalue weighted by molar-refractivity contribution is -0.124. The third-order valence-electron chi connectivity index (χ3n) is 2.18. The van der Waals surface area contributed by atoms with Gasteiger partial charge in [0, 0.05) is 5.57 Å². The van der Waals surface area contributed by atoms with E-state index in [0.29, 0.717) is 0 Å². The third kappa shape index (κ3) is 4.89. The normalized spacial score (nSPS) is 16.2. The quantitative estimate of drug-likeness (QED) is 0.705. The zero-order chi connectivity index (χ0) is 12.7. The molecule has 1 unspecified atom stereocenters. The van der Waals surface area contributed by atoms with Gasteiger partial charge in [0.2, 0.25) is 0 Å². The Balaban J connectivity index is 4.88. The number of primary amides is 1. The Morgan fingerprint density at radius 1 is 1.50 bits per heavy atom. The van der Waals surface area contributed by atoms with Gasteiger partial charge in [0.25, 0.3) is 5.91 Å². The number of aliphatic hydroxyl groups is 1. The van der Waals surface area contributed by atoms with Crippen LogP contribution in [0, 0.1) is 0 Å². The molecule has 0 spiro atoms. The SMILES string of the molecule is CC/C(C)=C/C=C\C(=C(/C)F)C(O)C(N)=O. The number of carbonyl (C=O) groups is 1. The van der Waals surface area contributed by atoms with Gasteiger partial charge < -0.3 is 10.8 Å². The molecule has 0 bridgehead atoms. The lowest BCUT2D eigenvalue weighted by Crippen LogP contribution is -2.29. The number of hydrogen-bond acceptors (Lipinski definition) is 2. The third-order valence-corrected chi connectivity index (χ3v) is 2.18. The zero-order valence-electron chi connectivity index (χ0n) is 9.83. The Morgan fingerprint density at radius 2 is 2.06 bits per heavy atom. The molecule has 0 aromatic rings. The standard InChI is InChI=1S/C12H18FNO2/c1-4-8(2)6-5-7-10(9(3)13)11(15)12(14)16/h5-7,11,15H,4H2,1-3H3,(H2,14,16)/b7-5-,8-6+,10-9-. The highest BCUT2D eigenvalue weighted by atomic mass is 19.1. The van der Waals surface area contributed by atoms with Crippen LogP contribution in [0.3, 0.4) is 0 Å². The van der Waals surface area contributed by atoms with E-state index in [1.807, 2.05) is 13.8 Å². The summed E-state index contributed by atoms with van der Waals surface area (Å²) in [5.41, 5.74) is 5.90. The molecule has 3 N–H and O–H groups in total. The van der Waals surface area contributed by atoms with Crippen molar-refractivity contribution in [3.8, 4) is 0 Å². The number of nitrogens with two attached hydrogens (primary N) is 1. The number of amides is 1. The summed E-state index contributed by atoms with van der Waals surface area (Å²) in [6.07, 6.45) is 4.01. The van der Waals surface area contributed by atoms with E-state index in [1.54, 1.807) is 12.2 Å². The van der Waals surface area contributed by atoms with E-state index in [-0.39, 0.29) is 5.57 Å². The molecule has 0 aliphatic carbocycles. The van der Waals surface area contributed by atoms with Crippen LogP contribution in [0.15, 0.2) is 35.2 Å². The second-order valence-corrected chi connectivity index (χ2v) is 3.52. The lowest BCUT2D eigenvalue weighted by atomic mass is 10.1. The number of hydrogen-bond donors (Lipinski definition) is 2. The topological polar surface area (TPSA) is 63.3 Å². The smallest absolute Gasteiger partial charge is 0.250 e. The molecule has 1 amide bonds. The molecule has 0 aromatic heterocycles. The predicted molar refractivity (Wildman–Crippen MR) is 62.2 cm³/mol. The van der Waals surface area contributed by atoms with Gasteiger partial charge in [0.1, 0.15) is 5.83 Å². The minimum Gasteiger partial charge on any atom is -0.378 e. The first kappa shape index (κ1) is 14.6. The molecule has 0 radical (unpaired) electrons. The largest absolute Gasteiger partial charge is 0.378 e. The Bertz CT molecular complexity index is 339. The summed E-state index contributed by atoms with van der Waals surface area (Å²) in [7, 11) is 0. The Hall–Kier alpha value is -1.42. The van der Waals surface area contributed by atoms with Crippen molar-refractivity contribution in [3.63, 3.8) is 0 Å². The van der Waals surface area contributed by atoms with Crippen molar-refractivity contribution in [2.75, 3.05) is 0 Å². The van der Waals surface area contributed by atoms with Crippen LogP contribution in [0.2, 0.25) is 0 Å². The number of allylic oxidation sites excluding steroid dienone is 4. The maximum absolute atomic E-state index is 13.0. The highest BCUT2D eigenvalue weighted by molar-refractivity contribution is 5.82. The molecule has 16 heavy (non-hydrogen) atoms. The van der Waals surface area contributed by atoms with Gasteiger partial charge >= 0.3 is 0 Å². The van der Waals surface area contributed by atoms with Crippen molar-refractivity contribution in [1.82, 2.24) is 0 Å². The van der Waals surface area contributed by atoms with Crippen molar-refractivity contribution < 1.29 is 14.3 Å². The van der Waals surface area contributed by atoms with E-state index in [1.165, 1.54) is 13.0 Å². The summed E-state index contributed by atoms with van der Waals surface area (Å²) in [6.45, 7) is 5.10. The van der Waals surface area contributed by atoms with Gasteiger partial charge in [-0.15, -0.1) is 0 Å². The van der Waals surface area contributed by atoms with E-state index in [2.05, 4.69) is 0 Å². The lowest BCUT2D eigenvalue weighted by Gasteiger charge is -2.07. The molecule has 0 aliphatic heterocycles. The van der Waals surface area contributed by atoms with Gasteiger partial charge in [0.05, 0.1) is 0 Å². The molecule has 1 atom stereocenters. The molecule has 0 rings (SSSR count). The fourth-order valence-corrected chi connectivity index (χ4v) is 0.982. The average Bonchev–Trinajstić information content (AvgIpc) is 2.22. The molecular formula is C12H18FNO2. The van der Waals surface area contributed by atoms with Crippen molar-refractivity contribution in [2.24, 2.45) is 5.73 Å². The summed E-state index contributed by atoms with van der Waals surface area (Å²) in [6, 6.07) is 0. The summed E-state index contributed by atoms with van der Waals surface area (Å²) in [5.74, 6) is -1.59. The van der Waals surface area contributed by atoms with Crippen LogP contribution in [-0.2, 0) is 4.79 Å². The molecular weight excluding hydrogens is 209 g/mol. The molecule has 0 aliphatic rings. The first-order chi connectivity index (χ1) is 7.40. The van der Waals surface area contributed by atoms with Crippen LogP contribution in [0.5, 0.6) is 0 Å². The molecule has 0 saturated heterocycles. The van der Waals surface area contributed by atoms with Crippen LogP contribution in [0.4, 0.5) is 4.39 Å². The minimum atomic E-state index is -1.60. The first-order valence-electron chi connectivity index (χ1n) is 5.07. The summed E-state index contributed by atoms with van der Waals surface area (Å²) in [4.78, 5) is 10.7. The highest BCUT2D eigenvalue weighted by Crippen LogP contribution is 2.12. The van der Waals surface area contributed by atoms with Gasteiger partial charge in [-0.2, -0.15) is 0 Å². The Morgan fingerprint density at radius 3 is 2.44 bits per heavy atom. The Labute approximate surface area is 95.1 Å². The van der Waals surface area contributed by atoms with Crippen molar-refractivity contribution in [3.05, 3.63) is 35.2 Å². The first-order valence-corrected chi connectivity index (χ1v) is 5.07. The fourth-order valence-electron chi connectivity index (χ4n) is 0.982. The van der Waals surface area contributed by atoms with E-state index in [0.717, 1.165) is 12.0 Å². The van der Waals surface area contributed by atoms with Gasteiger partial charge in [-0.25, -0.2) is 4.39 Å². The van der Waals surface area contributed by atoms with Gasteiger partial charge in [-0.05, 0) is 20.3 Å². The van der Waals surface area contributed by atoms with E-state index < -0.39 is 17.8 Å². The zero-order valence-corrected chi connectivity index (χ0v) is 9.83. The molecule has 90 valence electrons. The average molecular weight is 227 g/mol. The maximum atomic E-state index is 13.0. The maximum Gasteiger partial charge on any atom is 0.250 e. The molecule has 0 saturated carbocycles. The van der Waals surface area contributed by atoms with E-state index >= 15 is 0 Å².